The minimum Gasteiger partial charge on any atom is -0.389 e. The summed E-state index contributed by atoms with van der Waals surface area (Å²) in [6, 6.07) is 18.1. The highest BCUT2D eigenvalue weighted by molar-refractivity contribution is 7.88. The number of carbonyl (C=O) groups is 1. The van der Waals surface area contributed by atoms with Crippen molar-refractivity contribution in [3.8, 4) is 11.1 Å². The molecule has 1 amide bonds. The summed E-state index contributed by atoms with van der Waals surface area (Å²) in [5, 5.41) is 4.09. The van der Waals surface area contributed by atoms with E-state index in [1.54, 1.807) is 10.5 Å². The number of thiocarbonyl (C=S) groups is 1. The van der Waals surface area contributed by atoms with Gasteiger partial charge in [-0.2, -0.15) is 0 Å². The molecule has 0 unspecified atom stereocenters. The molecule has 0 atom stereocenters. The van der Waals surface area contributed by atoms with Crippen molar-refractivity contribution < 1.29 is 13.2 Å². The van der Waals surface area contributed by atoms with Crippen LogP contribution in [0.3, 0.4) is 0 Å². The van der Waals surface area contributed by atoms with Gasteiger partial charge in [0.05, 0.1) is 12.7 Å². The van der Waals surface area contributed by atoms with Gasteiger partial charge in [0, 0.05) is 65.8 Å². The molecule has 4 aromatic rings. The first kappa shape index (κ1) is 26.1. The quantitative estimate of drug-likeness (QED) is 0.290. The summed E-state index contributed by atoms with van der Waals surface area (Å²) in [6.07, 6.45) is 6.97. The largest absolute Gasteiger partial charge is 0.389 e. The second-order valence-electron chi connectivity index (χ2n) is 9.79. The summed E-state index contributed by atoms with van der Waals surface area (Å²) in [7, 11) is -3.21. The maximum atomic E-state index is 12.4. The Hall–Kier alpha value is -3.47. The van der Waals surface area contributed by atoms with E-state index in [0.29, 0.717) is 31.0 Å². The van der Waals surface area contributed by atoms with Crippen molar-refractivity contribution in [2.75, 3.05) is 19.3 Å². The number of benzene rings is 2. The van der Waals surface area contributed by atoms with Gasteiger partial charge in [-0.25, -0.2) is 12.7 Å². The normalized spacial score (nSPS) is 15.1. The average Bonchev–Trinajstić information content (AvgIpc) is 3.55. The molecule has 0 aliphatic carbocycles. The third kappa shape index (κ3) is 5.67. The monoisotopic (exact) mass is 549 g/mol. The SMILES string of the molecule is CS(=O)(=O)N1CCC(n2cc(-c3cccc(C(N)=S)c3)c3ccc(CNC(=O)Cc4ccc[nH]4)cc32)CC1. The van der Waals surface area contributed by atoms with Crippen molar-refractivity contribution in [3.63, 3.8) is 0 Å². The number of carbonyl (C=O) groups excluding carboxylic acids is 1. The maximum Gasteiger partial charge on any atom is 0.226 e. The zero-order valence-electron chi connectivity index (χ0n) is 21.2. The zero-order chi connectivity index (χ0) is 26.9. The van der Waals surface area contributed by atoms with E-state index < -0.39 is 10.0 Å². The molecule has 4 N–H and O–H groups in total. The van der Waals surface area contributed by atoms with Crippen LogP contribution in [0.5, 0.6) is 0 Å². The van der Waals surface area contributed by atoms with Gasteiger partial charge in [0.2, 0.25) is 15.9 Å². The van der Waals surface area contributed by atoms with Crippen LogP contribution in [-0.4, -0.2) is 52.5 Å². The minimum absolute atomic E-state index is 0.0497. The number of nitrogens with zero attached hydrogens (tertiary/aromatic N) is 2. The Bertz CT molecular complexity index is 1580. The Morgan fingerprint density at radius 1 is 1.13 bits per heavy atom. The molecule has 5 rings (SSSR count). The van der Waals surface area contributed by atoms with Crippen LogP contribution in [-0.2, 0) is 27.8 Å². The van der Waals surface area contributed by atoms with E-state index in [9.17, 15) is 13.2 Å². The molecule has 198 valence electrons. The lowest BCUT2D eigenvalue weighted by Crippen LogP contribution is -2.38. The molecule has 38 heavy (non-hydrogen) atoms. The van der Waals surface area contributed by atoms with E-state index in [4.69, 9.17) is 18.0 Å². The van der Waals surface area contributed by atoms with Crippen molar-refractivity contribution in [2.24, 2.45) is 5.73 Å². The highest BCUT2D eigenvalue weighted by Gasteiger charge is 2.27. The number of H-pyrrole nitrogens is 1. The standard InChI is InChI=1S/C28H31N5O3S2/c1-38(35,36)32-12-9-23(10-13-32)33-18-25(20-4-2-5-21(15-20)28(29)37)24-8-7-19(14-26(24)33)17-31-27(34)16-22-6-3-11-30-22/h2-8,11,14-15,18,23,30H,9-10,12-13,16-17H2,1H3,(H2,29,37)(H,31,34). The first-order valence-electron chi connectivity index (χ1n) is 12.6. The predicted molar refractivity (Wildman–Crippen MR) is 154 cm³/mol. The predicted octanol–water partition coefficient (Wildman–Crippen LogP) is 3.73. The Balaban J connectivity index is 1.47. The van der Waals surface area contributed by atoms with E-state index in [0.717, 1.165) is 51.7 Å². The van der Waals surface area contributed by atoms with Gasteiger partial charge in [0.25, 0.3) is 0 Å². The zero-order valence-corrected chi connectivity index (χ0v) is 22.8. The number of hydrogen-bond acceptors (Lipinski definition) is 4. The summed E-state index contributed by atoms with van der Waals surface area (Å²) in [4.78, 5) is 15.8. The summed E-state index contributed by atoms with van der Waals surface area (Å²) in [5.41, 5.74) is 11.7. The van der Waals surface area contributed by atoms with Crippen molar-refractivity contribution >= 4 is 44.0 Å². The fraction of sp³-hybridized carbons (Fsp3) is 0.286. The van der Waals surface area contributed by atoms with Crippen molar-refractivity contribution in [1.29, 1.82) is 0 Å². The number of nitrogens with two attached hydrogens (primary N) is 1. The molecule has 2 aromatic heterocycles. The lowest BCUT2D eigenvalue weighted by Gasteiger charge is -2.31. The maximum absolute atomic E-state index is 12.4. The van der Waals surface area contributed by atoms with Crippen LogP contribution in [0.2, 0.25) is 0 Å². The number of rotatable bonds is 8. The molecule has 0 radical (unpaired) electrons. The van der Waals surface area contributed by atoms with Crippen molar-refractivity contribution in [3.05, 3.63) is 83.8 Å². The molecule has 1 aliphatic heterocycles. The topological polar surface area (TPSA) is 113 Å². The molecule has 0 saturated carbocycles. The van der Waals surface area contributed by atoms with E-state index in [1.807, 2.05) is 42.5 Å². The molecular weight excluding hydrogens is 518 g/mol. The Labute approximate surface area is 227 Å². The first-order valence-corrected chi connectivity index (χ1v) is 14.8. The molecule has 10 heteroatoms. The van der Waals surface area contributed by atoms with Gasteiger partial charge < -0.3 is 20.6 Å². The van der Waals surface area contributed by atoms with Crippen LogP contribution in [0.4, 0.5) is 0 Å². The summed E-state index contributed by atoms with van der Waals surface area (Å²) < 4.78 is 27.9. The summed E-state index contributed by atoms with van der Waals surface area (Å²) in [6.45, 7) is 1.40. The first-order chi connectivity index (χ1) is 18.2. The Kier molecular flexibility index (Phi) is 7.38. The van der Waals surface area contributed by atoms with Crippen LogP contribution in [0, 0.1) is 0 Å². The third-order valence-electron chi connectivity index (χ3n) is 7.15. The molecule has 0 bridgehead atoms. The van der Waals surface area contributed by atoms with E-state index in [-0.39, 0.29) is 11.9 Å². The van der Waals surface area contributed by atoms with Gasteiger partial charge in [0.15, 0.2) is 0 Å². The molecular formula is C28H31N5O3S2. The van der Waals surface area contributed by atoms with E-state index >= 15 is 0 Å². The molecule has 8 nitrogen and oxygen atoms in total. The van der Waals surface area contributed by atoms with Gasteiger partial charge in [0.1, 0.15) is 4.99 Å². The van der Waals surface area contributed by atoms with Crippen LogP contribution in [0.1, 0.15) is 35.7 Å². The fourth-order valence-electron chi connectivity index (χ4n) is 5.14. The molecule has 0 spiro atoms. The van der Waals surface area contributed by atoms with Crippen LogP contribution in [0.25, 0.3) is 22.0 Å². The minimum atomic E-state index is -3.21. The highest BCUT2D eigenvalue weighted by atomic mass is 32.2. The second-order valence-corrected chi connectivity index (χ2v) is 12.2. The third-order valence-corrected chi connectivity index (χ3v) is 8.68. The molecule has 1 fully saturated rings. The number of piperidine rings is 1. The number of hydrogen-bond donors (Lipinski definition) is 3. The van der Waals surface area contributed by atoms with Crippen molar-refractivity contribution in [1.82, 2.24) is 19.2 Å². The summed E-state index contributed by atoms with van der Waals surface area (Å²) >= 11 is 5.20. The lowest BCUT2D eigenvalue weighted by atomic mass is 10.0. The second kappa shape index (κ2) is 10.7. The fourth-order valence-corrected chi connectivity index (χ4v) is 6.15. The van der Waals surface area contributed by atoms with E-state index in [1.165, 1.54) is 6.26 Å². The van der Waals surface area contributed by atoms with Gasteiger partial charge in [-0.15, -0.1) is 0 Å². The smallest absolute Gasteiger partial charge is 0.226 e. The molecule has 2 aromatic carbocycles. The Morgan fingerprint density at radius 2 is 1.92 bits per heavy atom. The summed E-state index contributed by atoms with van der Waals surface area (Å²) in [5.74, 6) is -0.0497. The number of amides is 1. The van der Waals surface area contributed by atoms with Gasteiger partial charge in [-0.05, 0) is 48.2 Å². The van der Waals surface area contributed by atoms with Crippen LogP contribution < -0.4 is 11.1 Å². The molecule has 1 saturated heterocycles. The highest BCUT2D eigenvalue weighted by Crippen LogP contribution is 2.36. The van der Waals surface area contributed by atoms with Gasteiger partial charge in [-0.1, -0.05) is 42.5 Å². The number of nitrogens with one attached hydrogen (secondary N) is 2. The van der Waals surface area contributed by atoms with E-state index in [2.05, 4.69) is 33.2 Å². The number of aromatic amines is 1. The number of aromatic nitrogens is 2. The Morgan fingerprint density at radius 3 is 2.61 bits per heavy atom. The van der Waals surface area contributed by atoms with Crippen LogP contribution in [0.15, 0.2) is 67.0 Å². The van der Waals surface area contributed by atoms with Crippen LogP contribution >= 0.6 is 12.2 Å². The molecule has 3 heterocycles. The average molecular weight is 550 g/mol. The number of sulfonamides is 1. The lowest BCUT2D eigenvalue weighted by molar-refractivity contribution is -0.120. The number of fused-ring (bicyclic) bond motifs is 1. The van der Waals surface area contributed by atoms with Gasteiger partial charge >= 0.3 is 0 Å². The molecule has 1 aliphatic rings. The van der Waals surface area contributed by atoms with Crippen molar-refractivity contribution in [2.45, 2.75) is 31.8 Å². The van der Waals surface area contributed by atoms with Gasteiger partial charge in [-0.3, -0.25) is 4.79 Å².